The summed E-state index contributed by atoms with van der Waals surface area (Å²) in [4.78, 5) is 12.3. The van der Waals surface area contributed by atoms with Crippen LogP contribution < -0.4 is 10.0 Å². The lowest BCUT2D eigenvalue weighted by molar-refractivity contribution is 0.102. The minimum absolute atomic E-state index is 0.330. The Morgan fingerprint density at radius 2 is 1.68 bits per heavy atom. The molecule has 0 saturated carbocycles. The maximum atomic E-state index is 12.3. The van der Waals surface area contributed by atoms with Gasteiger partial charge in [0.15, 0.2) is 0 Å². The quantitative estimate of drug-likeness (QED) is 0.699. The third-order valence-corrected chi connectivity index (χ3v) is 4.42. The summed E-state index contributed by atoms with van der Waals surface area (Å²) < 4.78 is 25.6. The van der Waals surface area contributed by atoms with E-state index in [-0.39, 0.29) is 5.91 Å². The molecular formula is C14H12ClIN2O3S. The molecule has 2 rings (SSSR count). The Morgan fingerprint density at radius 1 is 1.09 bits per heavy atom. The first-order valence-corrected chi connectivity index (χ1v) is 9.44. The molecule has 0 aromatic heterocycles. The zero-order valence-corrected chi connectivity index (χ0v) is 15.2. The lowest BCUT2D eigenvalue weighted by Crippen LogP contribution is -2.15. The van der Waals surface area contributed by atoms with Crippen molar-refractivity contribution in [2.45, 2.75) is 0 Å². The highest BCUT2D eigenvalue weighted by atomic mass is 127. The van der Waals surface area contributed by atoms with E-state index >= 15 is 0 Å². The molecule has 116 valence electrons. The number of carbonyl (C=O) groups is 1. The van der Waals surface area contributed by atoms with Crippen LogP contribution in [-0.2, 0) is 10.0 Å². The summed E-state index contributed by atoms with van der Waals surface area (Å²) in [6, 6.07) is 11.5. The molecule has 0 atom stereocenters. The monoisotopic (exact) mass is 450 g/mol. The predicted octanol–water partition coefficient (Wildman–Crippen LogP) is 3.57. The molecule has 0 bridgehead atoms. The Bertz CT molecular complexity index is 807. The maximum Gasteiger partial charge on any atom is 0.256 e. The highest BCUT2D eigenvalue weighted by Crippen LogP contribution is 2.21. The molecule has 2 aromatic rings. The number of rotatable bonds is 4. The molecule has 0 saturated heterocycles. The van der Waals surface area contributed by atoms with E-state index in [1.807, 2.05) is 22.6 Å². The standard InChI is InChI=1S/C14H12ClIN2O3S/c1-22(20,21)18-11-6-7-13(16)12(8-11)14(19)17-10-4-2-9(15)3-5-10/h2-8,18H,1H3,(H,17,19). The van der Waals surface area contributed by atoms with Gasteiger partial charge in [0.2, 0.25) is 10.0 Å². The number of anilines is 2. The van der Waals surface area contributed by atoms with Crippen LogP contribution in [0.1, 0.15) is 10.4 Å². The summed E-state index contributed by atoms with van der Waals surface area (Å²) in [6.45, 7) is 0. The highest BCUT2D eigenvalue weighted by molar-refractivity contribution is 14.1. The molecule has 22 heavy (non-hydrogen) atoms. The Labute approximate surface area is 147 Å². The Balaban J connectivity index is 2.25. The van der Waals surface area contributed by atoms with Crippen molar-refractivity contribution in [1.29, 1.82) is 0 Å². The summed E-state index contributed by atoms with van der Waals surface area (Å²) in [7, 11) is -3.39. The van der Waals surface area contributed by atoms with Gasteiger partial charge in [0.25, 0.3) is 5.91 Å². The number of amides is 1. The molecule has 0 aliphatic heterocycles. The van der Waals surface area contributed by atoms with Crippen LogP contribution in [0.15, 0.2) is 42.5 Å². The van der Waals surface area contributed by atoms with Gasteiger partial charge in [-0.1, -0.05) is 11.6 Å². The van der Waals surface area contributed by atoms with Crippen molar-refractivity contribution in [3.8, 4) is 0 Å². The zero-order chi connectivity index (χ0) is 16.3. The summed E-state index contributed by atoms with van der Waals surface area (Å²) >= 11 is 7.81. The lowest BCUT2D eigenvalue weighted by atomic mass is 10.2. The number of hydrogen-bond donors (Lipinski definition) is 2. The summed E-state index contributed by atoms with van der Waals surface area (Å²) in [5.41, 5.74) is 1.32. The van der Waals surface area contributed by atoms with Gasteiger partial charge >= 0.3 is 0 Å². The molecule has 0 heterocycles. The fourth-order valence-corrected chi connectivity index (χ4v) is 2.97. The van der Waals surface area contributed by atoms with Gasteiger partial charge in [-0.05, 0) is 65.1 Å². The second kappa shape index (κ2) is 6.84. The van der Waals surface area contributed by atoms with Crippen LogP contribution in [0.25, 0.3) is 0 Å². The molecule has 0 fully saturated rings. The number of carbonyl (C=O) groups excluding carboxylic acids is 1. The SMILES string of the molecule is CS(=O)(=O)Nc1ccc(I)c(C(=O)Nc2ccc(Cl)cc2)c1. The van der Waals surface area contributed by atoms with Crippen molar-refractivity contribution in [2.24, 2.45) is 0 Å². The Morgan fingerprint density at radius 3 is 2.27 bits per heavy atom. The van der Waals surface area contributed by atoms with Crippen molar-refractivity contribution in [2.75, 3.05) is 16.3 Å². The molecule has 2 N–H and O–H groups in total. The average Bonchev–Trinajstić information content (AvgIpc) is 2.42. The van der Waals surface area contributed by atoms with Crippen molar-refractivity contribution >= 4 is 61.5 Å². The summed E-state index contributed by atoms with van der Waals surface area (Å²) in [6.07, 6.45) is 1.05. The van der Waals surface area contributed by atoms with E-state index < -0.39 is 10.0 Å². The second-order valence-corrected chi connectivity index (χ2v) is 7.88. The van der Waals surface area contributed by atoms with E-state index in [9.17, 15) is 13.2 Å². The van der Waals surface area contributed by atoms with Crippen molar-refractivity contribution < 1.29 is 13.2 Å². The normalized spacial score (nSPS) is 11.0. The van der Waals surface area contributed by atoms with Crippen LogP contribution in [-0.4, -0.2) is 20.6 Å². The largest absolute Gasteiger partial charge is 0.322 e. The van der Waals surface area contributed by atoms with Crippen LogP contribution in [0, 0.1) is 3.57 Å². The van der Waals surface area contributed by atoms with Crippen molar-refractivity contribution in [1.82, 2.24) is 0 Å². The van der Waals surface area contributed by atoms with E-state index in [2.05, 4.69) is 10.0 Å². The summed E-state index contributed by atoms with van der Waals surface area (Å²) in [5, 5.41) is 3.31. The van der Waals surface area contributed by atoms with Crippen LogP contribution in [0.2, 0.25) is 5.02 Å². The minimum atomic E-state index is -3.39. The first-order chi connectivity index (χ1) is 10.2. The predicted molar refractivity (Wildman–Crippen MR) is 97.0 cm³/mol. The van der Waals surface area contributed by atoms with Gasteiger partial charge < -0.3 is 5.32 Å². The molecule has 0 radical (unpaired) electrons. The van der Waals surface area contributed by atoms with E-state index in [1.165, 1.54) is 6.07 Å². The zero-order valence-electron chi connectivity index (χ0n) is 11.4. The van der Waals surface area contributed by atoms with Crippen LogP contribution in [0.5, 0.6) is 0 Å². The van der Waals surface area contributed by atoms with Gasteiger partial charge in [-0.2, -0.15) is 0 Å². The third-order valence-electron chi connectivity index (χ3n) is 2.62. The third kappa shape index (κ3) is 4.85. The molecule has 0 spiro atoms. The Kier molecular flexibility index (Phi) is 5.30. The molecule has 0 aliphatic rings. The highest BCUT2D eigenvalue weighted by Gasteiger charge is 2.12. The number of nitrogens with one attached hydrogen (secondary N) is 2. The molecular weight excluding hydrogens is 439 g/mol. The number of hydrogen-bond acceptors (Lipinski definition) is 3. The molecule has 0 unspecified atom stereocenters. The van der Waals surface area contributed by atoms with Gasteiger partial charge in [-0.25, -0.2) is 8.42 Å². The summed E-state index contributed by atoms with van der Waals surface area (Å²) in [5.74, 6) is -0.330. The number of sulfonamides is 1. The topological polar surface area (TPSA) is 75.3 Å². The molecule has 1 amide bonds. The van der Waals surface area contributed by atoms with E-state index in [1.54, 1.807) is 36.4 Å². The molecule has 5 nitrogen and oxygen atoms in total. The Hall–Kier alpha value is -1.32. The number of halogens is 2. The first-order valence-electron chi connectivity index (χ1n) is 6.09. The molecule has 2 aromatic carbocycles. The van der Waals surface area contributed by atoms with Crippen LogP contribution in [0.3, 0.4) is 0 Å². The second-order valence-electron chi connectivity index (χ2n) is 4.53. The molecule has 8 heteroatoms. The van der Waals surface area contributed by atoms with Crippen LogP contribution in [0.4, 0.5) is 11.4 Å². The fraction of sp³-hybridized carbons (Fsp3) is 0.0714. The van der Waals surface area contributed by atoms with Gasteiger partial charge in [0, 0.05) is 20.0 Å². The van der Waals surface area contributed by atoms with Gasteiger partial charge in [-0.3, -0.25) is 9.52 Å². The van der Waals surface area contributed by atoms with Gasteiger partial charge in [0.05, 0.1) is 11.8 Å². The first kappa shape index (κ1) is 17.0. The van der Waals surface area contributed by atoms with E-state index in [0.29, 0.717) is 25.5 Å². The lowest BCUT2D eigenvalue weighted by Gasteiger charge is -2.10. The van der Waals surface area contributed by atoms with E-state index in [0.717, 1.165) is 6.26 Å². The van der Waals surface area contributed by atoms with Crippen LogP contribution >= 0.6 is 34.2 Å². The van der Waals surface area contributed by atoms with Gasteiger partial charge in [0.1, 0.15) is 0 Å². The number of benzene rings is 2. The fourth-order valence-electron chi connectivity index (χ4n) is 1.71. The average molecular weight is 451 g/mol. The van der Waals surface area contributed by atoms with E-state index in [4.69, 9.17) is 11.6 Å². The van der Waals surface area contributed by atoms with Gasteiger partial charge in [-0.15, -0.1) is 0 Å². The maximum absolute atomic E-state index is 12.3. The molecule has 0 aliphatic carbocycles. The smallest absolute Gasteiger partial charge is 0.256 e. The minimum Gasteiger partial charge on any atom is -0.322 e. The van der Waals surface area contributed by atoms with Crippen molar-refractivity contribution in [3.63, 3.8) is 0 Å². The van der Waals surface area contributed by atoms with Crippen molar-refractivity contribution in [3.05, 3.63) is 56.6 Å².